The van der Waals surface area contributed by atoms with Crippen molar-refractivity contribution in [2.24, 2.45) is 11.8 Å². The number of rotatable bonds is 3. The molecule has 2 heterocycles. The maximum atomic E-state index is 13.1. The highest BCUT2D eigenvalue weighted by Gasteiger charge is 2.50. The average Bonchev–Trinajstić information content (AvgIpc) is 3.03. The van der Waals surface area contributed by atoms with E-state index in [0.29, 0.717) is 0 Å². The number of fused-ring (bicyclic) bond motifs is 2. The predicted octanol–water partition coefficient (Wildman–Crippen LogP) is 0.737. The Labute approximate surface area is 124 Å². The molecule has 0 saturated carbocycles. The number of ether oxygens (including phenoxy) is 1. The summed E-state index contributed by atoms with van der Waals surface area (Å²) in [5, 5.41) is 13.6. The van der Waals surface area contributed by atoms with E-state index in [0.717, 1.165) is 6.07 Å². The van der Waals surface area contributed by atoms with Gasteiger partial charge in [0.15, 0.2) is 0 Å². The van der Waals surface area contributed by atoms with E-state index in [9.17, 15) is 19.1 Å². The molecule has 2 aliphatic heterocycles. The van der Waals surface area contributed by atoms with Crippen molar-refractivity contribution in [3.05, 3.63) is 41.2 Å². The van der Waals surface area contributed by atoms with Gasteiger partial charge in [0.25, 0.3) is 0 Å². The molecule has 4 atom stereocenters. The second-order valence-electron chi connectivity index (χ2n) is 4.94. The van der Waals surface area contributed by atoms with E-state index in [1.165, 1.54) is 12.1 Å². The van der Waals surface area contributed by atoms with E-state index < -0.39 is 41.7 Å². The third kappa shape index (κ3) is 2.41. The molecule has 21 heavy (non-hydrogen) atoms. The highest BCUT2D eigenvalue weighted by molar-refractivity contribution is 6.31. The molecule has 1 saturated heterocycles. The summed E-state index contributed by atoms with van der Waals surface area (Å²) >= 11 is 5.63. The van der Waals surface area contributed by atoms with Gasteiger partial charge in [-0.15, -0.1) is 0 Å². The van der Waals surface area contributed by atoms with Gasteiger partial charge in [0, 0.05) is 17.6 Å². The Morgan fingerprint density at radius 3 is 2.52 bits per heavy atom. The molecule has 2 bridgehead atoms. The van der Waals surface area contributed by atoms with Crippen LogP contribution in [0.25, 0.3) is 0 Å². The van der Waals surface area contributed by atoms with Crippen molar-refractivity contribution >= 4 is 29.2 Å². The van der Waals surface area contributed by atoms with Crippen LogP contribution >= 0.6 is 11.6 Å². The van der Waals surface area contributed by atoms with Gasteiger partial charge in [-0.25, -0.2) is 4.39 Å². The summed E-state index contributed by atoms with van der Waals surface area (Å²) < 4.78 is 18.4. The van der Waals surface area contributed by atoms with Gasteiger partial charge in [-0.3, -0.25) is 4.79 Å². The number of carbonyl (C=O) groups is 2. The van der Waals surface area contributed by atoms with Crippen LogP contribution in [-0.2, 0) is 14.3 Å². The number of halogens is 2. The lowest BCUT2D eigenvalue weighted by Crippen LogP contribution is -2.45. The molecule has 0 spiro atoms. The molecule has 2 aliphatic rings. The van der Waals surface area contributed by atoms with Crippen molar-refractivity contribution in [1.82, 2.24) is 0 Å². The number of hydrogen-bond acceptors (Lipinski definition) is 4. The van der Waals surface area contributed by atoms with Crippen molar-refractivity contribution in [1.29, 1.82) is 0 Å². The fraction of sp³-hybridized carbons (Fsp3) is 0.286. The number of amides is 1. The molecular weight excluding hydrogens is 301 g/mol. The van der Waals surface area contributed by atoms with Crippen LogP contribution in [0.2, 0.25) is 5.02 Å². The fourth-order valence-corrected chi connectivity index (χ4v) is 2.88. The predicted molar refractivity (Wildman–Crippen MR) is 69.8 cm³/mol. The van der Waals surface area contributed by atoms with Crippen LogP contribution in [-0.4, -0.2) is 24.1 Å². The number of carbonyl (C=O) groups excluding carboxylic acids is 2. The molecule has 1 N–H and O–H groups in total. The Balaban J connectivity index is 1.80. The molecule has 0 unspecified atom stereocenters. The molecule has 1 amide bonds. The van der Waals surface area contributed by atoms with E-state index in [4.69, 9.17) is 16.3 Å². The van der Waals surface area contributed by atoms with E-state index in [-0.39, 0.29) is 10.7 Å². The number of nitrogens with one attached hydrogen (secondary N) is 1. The topological polar surface area (TPSA) is 78.5 Å². The van der Waals surface area contributed by atoms with Crippen molar-refractivity contribution < 1.29 is 23.8 Å². The Bertz CT molecular complexity index is 648. The van der Waals surface area contributed by atoms with Gasteiger partial charge in [0.05, 0.1) is 23.1 Å². The van der Waals surface area contributed by atoms with Crippen molar-refractivity contribution in [3.63, 3.8) is 0 Å². The first-order valence-corrected chi connectivity index (χ1v) is 6.66. The molecule has 0 aromatic heterocycles. The first kappa shape index (κ1) is 14.0. The third-order valence-electron chi connectivity index (χ3n) is 3.66. The van der Waals surface area contributed by atoms with Gasteiger partial charge in [0.2, 0.25) is 5.91 Å². The van der Waals surface area contributed by atoms with Crippen LogP contribution in [0.3, 0.4) is 0 Å². The lowest BCUT2D eigenvalue weighted by Gasteiger charge is -2.25. The zero-order chi connectivity index (χ0) is 15.1. The molecule has 1 aromatic rings. The number of carboxylic acid groups (broad SMARTS) is 1. The summed E-state index contributed by atoms with van der Waals surface area (Å²) in [5.74, 6) is -4.37. The standard InChI is InChI=1S/C14H11ClFNO4/c15-7-5-6(1-2-8(7)16)17-13(18)11-9-3-4-10(21-9)12(11)14(19)20/h1-5,9-12H,(H,17,18)(H,19,20)/p-1/t9-,10+,11+,12+/m1/s1. The van der Waals surface area contributed by atoms with Gasteiger partial charge in [-0.2, -0.15) is 0 Å². The maximum Gasteiger partial charge on any atom is 0.231 e. The molecule has 110 valence electrons. The van der Waals surface area contributed by atoms with Crippen LogP contribution in [0.1, 0.15) is 0 Å². The number of hydrogen-bond donors (Lipinski definition) is 1. The number of benzene rings is 1. The Hall–Kier alpha value is -1.92. The van der Waals surface area contributed by atoms with Crippen molar-refractivity contribution in [2.45, 2.75) is 12.2 Å². The summed E-state index contributed by atoms with van der Waals surface area (Å²) in [5.41, 5.74) is 0.287. The van der Waals surface area contributed by atoms with E-state index in [1.807, 2.05) is 0 Å². The van der Waals surface area contributed by atoms with E-state index >= 15 is 0 Å². The minimum absolute atomic E-state index is 0.131. The highest BCUT2D eigenvalue weighted by atomic mass is 35.5. The van der Waals surface area contributed by atoms with E-state index in [1.54, 1.807) is 12.2 Å². The van der Waals surface area contributed by atoms with Gasteiger partial charge in [0.1, 0.15) is 5.82 Å². The summed E-state index contributed by atoms with van der Waals surface area (Å²) in [7, 11) is 0. The molecule has 7 heteroatoms. The first-order chi connectivity index (χ1) is 9.97. The summed E-state index contributed by atoms with van der Waals surface area (Å²) in [6.45, 7) is 0. The quantitative estimate of drug-likeness (QED) is 0.835. The average molecular weight is 311 g/mol. The molecule has 3 rings (SSSR count). The molecule has 1 fully saturated rings. The lowest BCUT2D eigenvalue weighted by atomic mass is 9.82. The van der Waals surface area contributed by atoms with Crippen LogP contribution in [0.15, 0.2) is 30.4 Å². The highest BCUT2D eigenvalue weighted by Crippen LogP contribution is 2.39. The Morgan fingerprint density at radius 2 is 1.90 bits per heavy atom. The van der Waals surface area contributed by atoms with Crippen molar-refractivity contribution in [2.75, 3.05) is 5.32 Å². The van der Waals surface area contributed by atoms with Gasteiger partial charge >= 0.3 is 0 Å². The second kappa shape index (κ2) is 5.13. The van der Waals surface area contributed by atoms with Gasteiger partial charge in [-0.05, 0) is 18.2 Å². The lowest BCUT2D eigenvalue weighted by molar-refractivity contribution is -0.313. The van der Waals surface area contributed by atoms with Crippen LogP contribution in [0, 0.1) is 17.7 Å². The third-order valence-corrected chi connectivity index (χ3v) is 3.95. The first-order valence-electron chi connectivity index (χ1n) is 6.28. The molecular formula is C14H10ClFNO4-. The second-order valence-corrected chi connectivity index (χ2v) is 5.35. The summed E-state index contributed by atoms with van der Waals surface area (Å²) in [6, 6.07) is 3.72. The molecule has 0 aliphatic carbocycles. The van der Waals surface area contributed by atoms with Crippen LogP contribution < -0.4 is 10.4 Å². The van der Waals surface area contributed by atoms with Crippen LogP contribution in [0.5, 0.6) is 0 Å². The zero-order valence-corrected chi connectivity index (χ0v) is 11.3. The number of carboxylic acids is 1. The van der Waals surface area contributed by atoms with E-state index in [2.05, 4.69) is 5.32 Å². The van der Waals surface area contributed by atoms with Crippen LogP contribution in [0.4, 0.5) is 10.1 Å². The summed E-state index contributed by atoms with van der Waals surface area (Å²) in [6.07, 6.45) is 2.04. The Kier molecular flexibility index (Phi) is 3.43. The SMILES string of the molecule is O=C([O-])[C@@H]1[C@@H](C(=O)Nc2ccc(F)c(Cl)c2)[C@H]2C=C[C@@H]1O2. The largest absolute Gasteiger partial charge is 0.550 e. The zero-order valence-electron chi connectivity index (χ0n) is 10.6. The number of anilines is 1. The van der Waals surface area contributed by atoms with Gasteiger partial charge in [-0.1, -0.05) is 23.8 Å². The molecule has 5 nitrogen and oxygen atoms in total. The minimum atomic E-state index is -1.33. The summed E-state index contributed by atoms with van der Waals surface area (Å²) in [4.78, 5) is 23.4. The maximum absolute atomic E-state index is 13.1. The smallest absolute Gasteiger partial charge is 0.231 e. The normalized spacial score (nSPS) is 29.6. The Morgan fingerprint density at radius 1 is 1.24 bits per heavy atom. The van der Waals surface area contributed by atoms with Crippen molar-refractivity contribution in [3.8, 4) is 0 Å². The number of aliphatic carboxylic acids is 1. The molecule has 0 radical (unpaired) electrons. The fourth-order valence-electron chi connectivity index (χ4n) is 2.70. The molecule has 1 aromatic carbocycles. The monoisotopic (exact) mass is 310 g/mol. The minimum Gasteiger partial charge on any atom is -0.550 e. The van der Waals surface area contributed by atoms with Gasteiger partial charge < -0.3 is 20.0 Å².